The summed E-state index contributed by atoms with van der Waals surface area (Å²) in [5, 5.41) is 3.58. The Balaban J connectivity index is 1.30. The Morgan fingerprint density at radius 3 is 1.12 bits per heavy atom. The lowest BCUT2D eigenvalue weighted by Crippen LogP contribution is -2.11. The fourth-order valence-corrected chi connectivity index (χ4v) is 8.90. The number of benzene rings is 7. The maximum atomic E-state index is 14.9. The predicted molar refractivity (Wildman–Crippen MR) is 252 cm³/mol. The average molecular weight is 888 g/mol. The fraction of sp³-hybridized carbons (Fsp3) is 0.182. The molecule has 10 rings (SSSR count). The standard InChI is InChI=1S/C55H43F6N5/c1-52(2,3)33-20-24-45-39(28-33)37-16-10-12-18-43(37)65(45)47-26-22-35(54(56,57)58)30-41(47)50-62-49(32-14-8-7-9-15-32)63-51(64-50)42-31-36(55(59,60)61)23-27-48(42)66-44-19-13-11-17-38(44)40-29-34(53(4,5)6)21-25-46(40)66/h7-31H,1-6H3. The SMILES string of the molecule is CC(C)(C)c1ccc2c(c1)c1ccccc1n2-c1ccc(C(F)(F)F)cc1-c1nc(-c2ccccc2)nc(-c2cc(C(F)(F)F)ccc2-n2c3ccccc3c3cc(C(C)(C)C)ccc32)n1. The molecule has 0 aliphatic carbocycles. The van der Waals surface area contributed by atoms with E-state index < -0.39 is 23.5 Å². The summed E-state index contributed by atoms with van der Waals surface area (Å²) in [6, 6.07) is 43.2. The molecule has 11 heteroatoms. The van der Waals surface area contributed by atoms with Crippen molar-refractivity contribution in [3.05, 3.63) is 174 Å². The molecule has 0 aliphatic heterocycles. The molecule has 0 spiro atoms. The van der Waals surface area contributed by atoms with Crippen LogP contribution in [0.4, 0.5) is 26.3 Å². The van der Waals surface area contributed by atoms with Crippen molar-refractivity contribution in [2.75, 3.05) is 0 Å². The highest BCUT2D eigenvalue weighted by Gasteiger charge is 2.34. The number of hydrogen-bond donors (Lipinski definition) is 0. The number of fused-ring (bicyclic) bond motifs is 6. The largest absolute Gasteiger partial charge is 0.416 e. The molecule has 0 saturated heterocycles. The van der Waals surface area contributed by atoms with Crippen LogP contribution < -0.4 is 0 Å². The summed E-state index contributed by atoms with van der Waals surface area (Å²) in [6.07, 6.45) is -9.52. The topological polar surface area (TPSA) is 48.5 Å². The van der Waals surface area contributed by atoms with E-state index in [1.807, 2.05) is 81.9 Å². The van der Waals surface area contributed by atoms with Gasteiger partial charge in [0, 0.05) is 38.2 Å². The molecule has 0 bridgehead atoms. The van der Waals surface area contributed by atoms with E-state index in [0.717, 1.165) is 79.0 Å². The van der Waals surface area contributed by atoms with Crippen molar-refractivity contribution >= 4 is 43.6 Å². The van der Waals surface area contributed by atoms with Crippen LogP contribution in [0.1, 0.15) is 63.8 Å². The lowest BCUT2D eigenvalue weighted by molar-refractivity contribution is -0.138. The first-order valence-corrected chi connectivity index (χ1v) is 21.6. The summed E-state index contributed by atoms with van der Waals surface area (Å²) >= 11 is 0. The van der Waals surface area contributed by atoms with Gasteiger partial charge in [-0.1, -0.05) is 120 Å². The highest BCUT2D eigenvalue weighted by Crippen LogP contribution is 2.43. The van der Waals surface area contributed by atoms with Crippen LogP contribution >= 0.6 is 0 Å². The van der Waals surface area contributed by atoms with Crippen LogP contribution in [0.3, 0.4) is 0 Å². The molecule has 0 unspecified atom stereocenters. The maximum Gasteiger partial charge on any atom is 0.416 e. The molecule has 3 aromatic heterocycles. The van der Waals surface area contributed by atoms with E-state index >= 15 is 0 Å². The molecular formula is C55H43F6N5. The second-order valence-electron chi connectivity index (χ2n) is 18.8. The average Bonchev–Trinajstić information content (AvgIpc) is 3.80. The van der Waals surface area contributed by atoms with Gasteiger partial charge in [0.2, 0.25) is 0 Å². The minimum Gasteiger partial charge on any atom is -0.309 e. The highest BCUT2D eigenvalue weighted by atomic mass is 19.4. The smallest absolute Gasteiger partial charge is 0.309 e. The van der Waals surface area contributed by atoms with Crippen LogP contribution in [0, 0.1) is 0 Å². The zero-order valence-electron chi connectivity index (χ0n) is 36.9. The molecule has 0 atom stereocenters. The lowest BCUT2D eigenvalue weighted by atomic mass is 9.86. The molecule has 7 aromatic carbocycles. The van der Waals surface area contributed by atoms with Crippen molar-refractivity contribution < 1.29 is 26.3 Å². The van der Waals surface area contributed by atoms with Crippen LogP contribution in [0.25, 0.3) is 89.2 Å². The van der Waals surface area contributed by atoms with Crippen LogP contribution in [0.5, 0.6) is 0 Å². The van der Waals surface area contributed by atoms with Crippen molar-refractivity contribution in [1.29, 1.82) is 0 Å². The second kappa shape index (κ2) is 15.2. The third-order valence-electron chi connectivity index (χ3n) is 12.4. The molecule has 0 amide bonds. The zero-order chi connectivity index (χ0) is 46.5. The first-order valence-electron chi connectivity index (χ1n) is 21.6. The Hall–Kier alpha value is -7.27. The summed E-state index contributed by atoms with van der Waals surface area (Å²) < 4.78 is 92.9. The van der Waals surface area contributed by atoms with Gasteiger partial charge in [-0.05, 0) is 94.8 Å². The van der Waals surface area contributed by atoms with Crippen LogP contribution in [-0.2, 0) is 23.2 Å². The van der Waals surface area contributed by atoms with E-state index in [0.29, 0.717) is 16.9 Å². The van der Waals surface area contributed by atoms with Crippen molar-refractivity contribution in [2.24, 2.45) is 0 Å². The maximum absolute atomic E-state index is 14.9. The Kier molecular flexibility index (Phi) is 9.80. The summed E-state index contributed by atoms with van der Waals surface area (Å²) in [5.41, 5.74) is 4.02. The van der Waals surface area contributed by atoms with E-state index in [1.165, 1.54) is 12.1 Å². The number of nitrogens with zero attached hydrogens (tertiary/aromatic N) is 5. The van der Waals surface area contributed by atoms with Gasteiger partial charge in [-0.3, -0.25) is 0 Å². The van der Waals surface area contributed by atoms with Gasteiger partial charge in [0.15, 0.2) is 17.5 Å². The minimum absolute atomic E-state index is 0.00769. The van der Waals surface area contributed by atoms with Gasteiger partial charge in [0.05, 0.1) is 44.6 Å². The number of aromatic nitrogens is 5. The second-order valence-corrected chi connectivity index (χ2v) is 18.8. The Bertz CT molecular complexity index is 3320. The Labute approximate surface area is 377 Å². The molecule has 66 heavy (non-hydrogen) atoms. The molecule has 0 aliphatic rings. The molecule has 0 radical (unpaired) electrons. The van der Waals surface area contributed by atoms with Crippen LogP contribution in [-0.4, -0.2) is 24.1 Å². The van der Waals surface area contributed by atoms with E-state index in [4.69, 9.17) is 15.0 Å². The highest BCUT2D eigenvalue weighted by molar-refractivity contribution is 6.11. The van der Waals surface area contributed by atoms with Crippen LogP contribution in [0.2, 0.25) is 0 Å². The molecule has 0 saturated carbocycles. The normalized spacial score (nSPS) is 12.8. The predicted octanol–water partition coefficient (Wildman–Crippen LogP) is 15.7. The van der Waals surface area contributed by atoms with Crippen LogP contribution in [0.15, 0.2) is 152 Å². The fourth-order valence-electron chi connectivity index (χ4n) is 8.90. The van der Waals surface area contributed by atoms with E-state index in [2.05, 4.69) is 53.7 Å². The van der Waals surface area contributed by atoms with Crippen molar-refractivity contribution in [3.8, 4) is 45.5 Å². The van der Waals surface area contributed by atoms with E-state index in [9.17, 15) is 26.3 Å². The third-order valence-corrected chi connectivity index (χ3v) is 12.4. The number of halogens is 6. The quantitative estimate of drug-likeness (QED) is 0.162. The molecule has 0 fully saturated rings. The first-order chi connectivity index (χ1) is 31.3. The van der Waals surface area contributed by atoms with Crippen molar-refractivity contribution in [1.82, 2.24) is 24.1 Å². The number of para-hydroxylation sites is 2. The van der Waals surface area contributed by atoms with E-state index in [1.54, 1.807) is 30.3 Å². The van der Waals surface area contributed by atoms with Gasteiger partial charge in [-0.15, -0.1) is 0 Å². The monoisotopic (exact) mass is 887 g/mol. The van der Waals surface area contributed by atoms with Crippen molar-refractivity contribution in [2.45, 2.75) is 64.7 Å². The van der Waals surface area contributed by atoms with Gasteiger partial charge < -0.3 is 9.13 Å². The molecule has 5 nitrogen and oxygen atoms in total. The molecule has 330 valence electrons. The van der Waals surface area contributed by atoms with Gasteiger partial charge in [0.1, 0.15) is 0 Å². The van der Waals surface area contributed by atoms with Gasteiger partial charge in [-0.2, -0.15) is 26.3 Å². The van der Waals surface area contributed by atoms with Gasteiger partial charge in [0.25, 0.3) is 0 Å². The summed E-state index contributed by atoms with van der Waals surface area (Å²) in [6.45, 7) is 12.7. The first kappa shape index (κ1) is 42.7. The van der Waals surface area contributed by atoms with Gasteiger partial charge in [-0.25, -0.2) is 15.0 Å². The Morgan fingerprint density at radius 1 is 0.348 bits per heavy atom. The molecule has 0 N–H and O–H groups in total. The third kappa shape index (κ3) is 7.36. The minimum atomic E-state index is -4.76. The summed E-state index contributed by atoms with van der Waals surface area (Å²) in [7, 11) is 0. The van der Waals surface area contributed by atoms with Gasteiger partial charge >= 0.3 is 12.4 Å². The van der Waals surface area contributed by atoms with Crippen molar-refractivity contribution in [3.63, 3.8) is 0 Å². The lowest BCUT2D eigenvalue weighted by Gasteiger charge is -2.20. The molecule has 10 aromatic rings. The zero-order valence-corrected chi connectivity index (χ0v) is 36.9. The Morgan fingerprint density at radius 2 is 0.712 bits per heavy atom. The van der Waals surface area contributed by atoms with E-state index in [-0.39, 0.29) is 39.4 Å². The molecular weight excluding hydrogens is 845 g/mol. The number of alkyl halides is 6. The number of hydrogen-bond acceptors (Lipinski definition) is 3. The summed E-state index contributed by atoms with van der Waals surface area (Å²) in [5.74, 6) is -0.244. The molecule has 3 heterocycles. The summed E-state index contributed by atoms with van der Waals surface area (Å²) in [4.78, 5) is 14.6. The number of rotatable bonds is 5.